The van der Waals surface area contributed by atoms with Crippen LogP contribution in [-0.4, -0.2) is 83.0 Å². The van der Waals surface area contributed by atoms with E-state index in [1.54, 1.807) is 40.2 Å². The number of cyclic esters (lactones) is 1. The molecule has 1 rings (SSSR count). The van der Waals surface area contributed by atoms with E-state index in [-0.39, 0.29) is 37.0 Å². The van der Waals surface area contributed by atoms with E-state index in [9.17, 15) is 22.8 Å². The topological polar surface area (TPSA) is 167 Å². The number of esters is 1. The summed E-state index contributed by atoms with van der Waals surface area (Å²) in [6, 6.07) is -1.35. The van der Waals surface area contributed by atoms with Crippen molar-refractivity contribution >= 4 is 28.7 Å². The highest BCUT2D eigenvalue weighted by Gasteiger charge is 2.23. The predicted molar refractivity (Wildman–Crippen MR) is 212 cm³/mol. The van der Waals surface area contributed by atoms with E-state index in [1.807, 2.05) is 70.2 Å². The maximum atomic E-state index is 13.4. The van der Waals surface area contributed by atoms with E-state index >= 15 is 0 Å². The number of allylic oxidation sites excluding steroid dienone is 11. The fraction of sp³-hybridized carbons (Fsp3) is 0.488. The molecule has 12 nitrogen and oxygen atoms in total. The van der Waals surface area contributed by atoms with Gasteiger partial charge in [-0.25, -0.2) is 8.98 Å². The van der Waals surface area contributed by atoms with Gasteiger partial charge in [-0.05, 0) is 65.4 Å². The zero-order valence-corrected chi connectivity index (χ0v) is 33.9. The molecule has 0 radical (unpaired) electrons. The van der Waals surface area contributed by atoms with Crippen LogP contribution in [0.25, 0.3) is 0 Å². The molecule has 1 aliphatic heterocycles. The highest BCUT2D eigenvalue weighted by atomic mass is 32.3. The Morgan fingerprint density at radius 2 is 1.69 bits per heavy atom. The van der Waals surface area contributed by atoms with Gasteiger partial charge in [0.2, 0.25) is 12.3 Å². The highest BCUT2D eigenvalue weighted by Crippen LogP contribution is 2.21. The molecule has 5 unspecified atom stereocenters. The van der Waals surface area contributed by atoms with Crippen molar-refractivity contribution in [2.75, 3.05) is 27.4 Å². The molecule has 0 aromatic carbocycles. The molecule has 300 valence electrons. The highest BCUT2D eigenvalue weighted by molar-refractivity contribution is 7.80. The molecule has 0 spiro atoms. The standard InChI is InChI=1S/C41H60N2O10S/c1-29-14-12-18-36(50-8)17-11-10-16-33(5)39(34(6)23-22-32(4)26-42-40(45)38(43-28-44)27-52-54(47,48)49)53-41(46)35(7)24-30(2)20-21-31(3)25-37(51-9)19-13-15-29/h10-11,13-17,20-25,28,30,33,36-39H,12,18-19,26-27H2,1-9H3,(H,42,45)(H,43,44)(H,47,48,49)/b15-13+,16-10-,17-11+,21-20+,29-14-,31-25-,32-22-,34-23+,35-24+/t30?,33?,36?,37?,38-,39?/m0/s1. The minimum absolute atomic E-state index is 0.0480. The van der Waals surface area contributed by atoms with Gasteiger partial charge in [0.1, 0.15) is 12.1 Å². The largest absolute Gasteiger partial charge is 0.454 e. The average Bonchev–Trinajstić information content (AvgIpc) is 3.11. The van der Waals surface area contributed by atoms with Crippen molar-refractivity contribution in [3.63, 3.8) is 0 Å². The number of carbonyl (C=O) groups is 3. The molecular weight excluding hydrogens is 713 g/mol. The molecule has 0 saturated heterocycles. The van der Waals surface area contributed by atoms with Gasteiger partial charge in [0.15, 0.2) is 0 Å². The Bertz CT molecular complexity index is 1610. The minimum Gasteiger partial charge on any atom is -0.454 e. The Balaban J connectivity index is 3.38. The van der Waals surface area contributed by atoms with Crippen LogP contribution >= 0.6 is 0 Å². The number of ether oxygens (including phenoxy) is 3. The van der Waals surface area contributed by atoms with E-state index in [4.69, 9.17) is 18.8 Å². The maximum absolute atomic E-state index is 13.4. The van der Waals surface area contributed by atoms with Crippen molar-refractivity contribution in [3.05, 3.63) is 107 Å². The monoisotopic (exact) mass is 772 g/mol. The fourth-order valence-corrected chi connectivity index (χ4v) is 5.50. The van der Waals surface area contributed by atoms with Gasteiger partial charge in [-0.2, -0.15) is 8.42 Å². The van der Waals surface area contributed by atoms with Crippen molar-refractivity contribution in [2.45, 2.75) is 92.1 Å². The van der Waals surface area contributed by atoms with Gasteiger partial charge in [-0.1, -0.05) is 110 Å². The molecule has 0 saturated carbocycles. The Morgan fingerprint density at radius 1 is 1.00 bits per heavy atom. The van der Waals surface area contributed by atoms with Crippen LogP contribution in [0.1, 0.15) is 67.7 Å². The molecule has 13 heteroatoms. The number of hydrogen-bond acceptors (Lipinski definition) is 9. The summed E-state index contributed by atoms with van der Waals surface area (Å²) in [5.74, 6) is -1.44. The zero-order chi connectivity index (χ0) is 40.7. The van der Waals surface area contributed by atoms with E-state index in [2.05, 4.69) is 46.0 Å². The third kappa shape index (κ3) is 20.9. The summed E-state index contributed by atoms with van der Waals surface area (Å²) in [4.78, 5) is 36.9. The Labute approximate surface area is 322 Å². The molecule has 0 aromatic heterocycles. The van der Waals surface area contributed by atoms with Crippen LogP contribution in [0, 0.1) is 11.8 Å². The number of hydrogen-bond donors (Lipinski definition) is 3. The lowest BCUT2D eigenvalue weighted by atomic mass is 9.96. The van der Waals surface area contributed by atoms with Crippen molar-refractivity contribution in [1.82, 2.24) is 10.6 Å². The molecule has 3 N–H and O–H groups in total. The molecule has 54 heavy (non-hydrogen) atoms. The van der Waals surface area contributed by atoms with E-state index in [0.717, 1.165) is 30.4 Å². The van der Waals surface area contributed by atoms with Crippen molar-refractivity contribution in [1.29, 1.82) is 0 Å². The zero-order valence-electron chi connectivity index (χ0n) is 33.1. The van der Waals surface area contributed by atoms with E-state index in [1.165, 1.54) is 5.57 Å². The lowest BCUT2D eigenvalue weighted by Gasteiger charge is -2.23. The summed E-state index contributed by atoms with van der Waals surface area (Å²) >= 11 is 0. The lowest BCUT2D eigenvalue weighted by molar-refractivity contribution is -0.144. The molecule has 0 fully saturated rings. The van der Waals surface area contributed by atoms with Crippen molar-refractivity contribution < 1.29 is 45.7 Å². The summed E-state index contributed by atoms with van der Waals surface area (Å²) in [5, 5.41) is 4.74. The Kier molecular flexibility index (Phi) is 22.9. The van der Waals surface area contributed by atoms with Gasteiger partial charge >= 0.3 is 16.4 Å². The van der Waals surface area contributed by atoms with Gasteiger partial charge in [-0.15, -0.1) is 0 Å². The number of amides is 2. The van der Waals surface area contributed by atoms with Gasteiger partial charge in [0.25, 0.3) is 0 Å². The fourth-order valence-electron chi connectivity index (χ4n) is 5.19. The van der Waals surface area contributed by atoms with Crippen molar-refractivity contribution in [2.24, 2.45) is 11.8 Å². The molecule has 0 aliphatic carbocycles. The van der Waals surface area contributed by atoms with Crippen LogP contribution in [0.5, 0.6) is 0 Å². The summed E-state index contributed by atoms with van der Waals surface area (Å²) in [5.41, 5.74) is 4.14. The van der Waals surface area contributed by atoms with Crippen LogP contribution in [0.3, 0.4) is 0 Å². The van der Waals surface area contributed by atoms with Gasteiger partial charge in [-0.3, -0.25) is 14.1 Å². The summed E-state index contributed by atoms with van der Waals surface area (Å²) in [7, 11) is -1.43. The molecular formula is C41H60N2O10S. The van der Waals surface area contributed by atoms with Crippen LogP contribution in [0.15, 0.2) is 107 Å². The number of nitrogens with one attached hydrogen (secondary N) is 2. The molecule has 1 heterocycles. The van der Waals surface area contributed by atoms with E-state index in [0.29, 0.717) is 11.1 Å². The number of methoxy groups -OCH3 is 2. The average molecular weight is 773 g/mol. The van der Waals surface area contributed by atoms with Crippen molar-refractivity contribution in [3.8, 4) is 0 Å². The van der Waals surface area contributed by atoms with Gasteiger partial charge in [0, 0.05) is 32.3 Å². The maximum Gasteiger partial charge on any atom is 0.397 e. The number of rotatable bonds is 12. The molecule has 1 aliphatic rings. The summed E-state index contributed by atoms with van der Waals surface area (Å²) < 4.78 is 52.3. The SMILES string of the molecule is COC1/C=C(C)\C=C\C(C)/C=C(\C)C(=O)OC(/C(C)=C/C=C(/C)CNC(=O)[C@H](COS(=O)(=O)O)NC=O)C(C)/C=C\C=C\C(OC)CC/C=C(C)\C=C\C1. The Morgan fingerprint density at radius 3 is 2.33 bits per heavy atom. The van der Waals surface area contributed by atoms with Crippen LogP contribution in [-0.2, 0) is 43.2 Å². The first-order chi connectivity index (χ1) is 25.5. The third-order valence-corrected chi connectivity index (χ3v) is 8.81. The molecule has 0 aromatic rings. The molecule has 6 atom stereocenters. The Hall–Kier alpha value is -4.14. The first-order valence-corrected chi connectivity index (χ1v) is 19.3. The van der Waals surface area contributed by atoms with Crippen LogP contribution < -0.4 is 10.6 Å². The van der Waals surface area contributed by atoms with E-state index < -0.39 is 41.0 Å². The summed E-state index contributed by atoms with van der Waals surface area (Å²) in [6.45, 7) is 12.7. The lowest BCUT2D eigenvalue weighted by Crippen LogP contribution is -2.47. The second-order valence-corrected chi connectivity index (χ2v) is 14.4. The summed E-state index contributed by atoms with van der Waals surface area (Å²) in [6.07, 6.45) is 27.6. The molecule has 2 amide bonds. The normalized spacial score (nSPS) is 29.3. The first kappa shape index (κ1) is 47.9. The predicted octanol–water partition coefficient (Wildman–Crippen LogP) is 6.39. The van der Waals surface area contributed by atoms with Crippen LogP contribution in [0.2, 0.25) is 0 Å². The minimum atomic E-state index is -4.81. The first-order valence-electron chi connectivity index (χ1n) is 17.9. The second kappa shape index (κ2) is 25.8. The second-order valence-electron chi connectivity index (χ2n) is 13.3. The van der Waals surface area contributed by atoms with Gasteiger partial charge < -0.3 is 24.8 Å². The molecule has 0 bridgehead atoms. The van der Waals surface area contributed by atoms with Crippen LogP contribution in [0.4, 0.5) is 0 Å². The smallest absolute Gasteiger partial charge is 0.397 e. The van der Waals surface area contributed by atoms with Gasteiger partial charge in [0.05, 0.1) is 18.8 Å². The third-order valence-electron chi connectivity index (χ3n) is 8.37. The quantitative estimate of drug-likeness (QED) is 0.0876. The number of carbonyl (C=O) groups excluding carboxylic acids is 3.